The van der Waals surface area contributed by atoms with Crippen LogP contribution in [0, 0.1) is 6.92 Å². The molecule has 0 aliphatic carbocycles. The second-order valence-corrected chi connectivity index (χ2v) is 2.61. The summed E-state index contributed by atoms with van der Waals surface area (Å²) in [4.78, 5) is 3.99. The second-order valence-electron chi connectivity index (χ2n) is 2.61. The summed E-state index contributed by atoms with van der Waals surface area (Å²) in [5.41, 5.74) is 1.04. The topological polar surface area (TPSA) is 79.6 Å². The number of aromatic amines is 1. The number of aromatic nitrogens is 4. The van der Waals surface area contributed by atoms with Crippen molar-refractivity contribution in [2.75, 3.05) is 5.32 Å². The van der Waals surface area contributed by atoms with Crippen molar-refractivity contribution in [2.24, 2.45) is 0 Å². The predicted octanol–water partition coefficient (Wildman–Crippen LogP) is 0.713. The average Bonchev–Trinajstić information content (AvgIpc) is 2.71. The molecule has 0 bridgehead atoms. The van der Waals surface area contributed by atoms with Crippen LogP contribution in [0.15, 0.2) is 16.9 Å². The maximum absolute atomic E-state index is 4.86. The summed E-state index contributed by atoms with van der Waals surface area (Å²) >= 11 is 0. The van der Waals surface area contributed by atoms with Crippen molar-refractivity contribution < 1.29 is 4.52 Å². The molecule has 2 N–H and O–H groups in total. The summed E-state index contributed by atoms with van der Waals surface area (Å²) in [7, 11) is 0. The van der Waals surface area contributed by atoms with Gasteiger partial charge in [-0.25, -0.2) is 0 Å². The predicted molar refractivity (Wildman–Crippen MR) is 44.9 cm³/mol. The van der Waals surface area contributed by atoms with Crippen LogP contribution in [0.1, 0.15) is 11.4 Å². The highest BCUT2D eigenvalue weighted by Crippen LogP contribution is 2.04. The van der Waals surface area contributed by atoms with E-state index in [1.54, 1.807) is 19.3 Å². The van der Waals surface area contributed by atoms with Gasteiger partial charge in [-0.1, -0.05) is 5.16 Å². The van der Waals surface area contributed by atoms with Gasteiger partial charge in [0.25, 0.3) is 0 Å². The Balaban J connectivity index is 1.93. The van der Waals surface area contributed by atoms with Crippen LogP contribution in [0.25, 0.3) is 0 Å². The molecule has 0 aromatic carbocycles. The Morgan fingerprint density at radius 1 is 1.62 bits per heavy atom. The molecule has 0 fully saturated rings. The first-order valence-corrected chi connectivity index (χ1v) is 3.86. The minimum atomic E-state index is 0.429. The van der Waals surface area contributed by atoms with Crippen LogP contribution >= 0.6 is 0 Å². The van der Waals surface area contributed by atoms with Crippen LogP contribution in [-0.2, 0) is 6.54 Å². The molecule has 6 nitrogen and oxygen atoms in total. The Bertz CT molecular complexity index is 366. The average molecular weight is 179 g/mol. The van der Waals surface area contributed by atoms with Gasteiger partial charge in [0.15, 0.2) is 5.82 Å². The van der Waals surface area contributed by atoms with Crippen LogP contribution in [0.5, 0.6) is 0 Å². The van der Waals surface area contributed by atoms with E-state index in [-0.39, 0.29) is 0 Å². The van der Waals surface area contributed by atoms with E-state index < -0.39 is 0 Å². The molecule has 0 atom stereocenters. The number of hydrogen-bond acceptors (Lipinski definition) is 5. The molecule has 0 amide bonds. The molecule has 0 saturated heterocycles. The van der Waals surface area contributed by atoms with E-state index in [0.717, 1.165) is 5.56 Å². The van der Waals surface area contributed by atoms with E-state index in [1.807, 2.05) is 0 Å². The Labute approximate surface area is 74.4 Å². The zero-order chi connectivity index (χ0) is 9.10. The molecule has 2 aromatic rings. The molecule has 2 aromatic heterocycles. The summed E-state index contributed by atoms with van der Waals surface area (Å²) in [6.45, 7) is 2.39. The molecule has 0 saturated carbocycles. The molecule has 6 heteroatoms. The summed E-state index contributed by atoms with van der Waals surface area (Å²) in [6, 6.07) is 0.429. The van der Waals surface area contributed by atoms with Gasteiger partial charge in [0, 0.05) is 18.3 Å². The van der Waals surface area contributed by atoms with Gasteiger partial charge in [-0.05, 0) is 6.92 Å². The highest BCUT2D eigenvalue weighted by Gasteiger charge is 2.01. The molecular formula is C7H9N5O. The number of hydrogen-bond donors (Lipinski definition) is 2. The van der Waals surface area contributed by atoms with E-state index in [0.29, 0.717) is 18.4 Å². The van der Waals surface area contributed by atoms with Gasteiger partial charge in [-0.2, -0.15) is 10.1 Å². The summed E-state index contributed by atoms with van der Waals surface area (Å²) in [5.74, 6) is 0.620. The lowest BCUT2D eigenvalue weighted by molar-refractivity contribution is 0.425. The lowest BCUT2D eigenvalue weighted by Crippen LogP contribution is -1.98. The van der Waals surface area contributed by atoms with Crippen molar-refractivity contribution in [1.82, 2.24) is 20.3 Å². The first kappa shape index (κ1) is 7.78. The first-order valence-electron chi connectivity index (χ1n) is 3.86. The van der Waals surface area contributed by atoms with Gasteiger partial charge in [0.2, 0.25) is 0 Å². The van der Waals surface area contributed by atoms with E-state index in [2.05, 4.69) is 25.7 Å². The normalized spacial score (nSPS) is 10.2. The number of H-pyrrole nitrogens is 1. The summed E-state index contributed by atoms with van der Waals surface area (Å²) < 4.78 is 4.86. The van der Waals surface area contributed by atoms with E-state index in [1.165, 1.54) is 0 Å². The Morgan fingerprint density at radius 3 is 3.15 bits per heavy atom. The monoisotopic (exact) mass is 179 g/mol. The smallest absolute Gasteiger partial charge is 0.321 e. The maximum atomic E-state index is 4.86. The lowest BCUT2D eigenvalue weighted by atomic mass is 10.4. The van der Waals surface area contributed by atoms with E-state index in [9.17, 15) is 0 Å². The first-order chi connectivity index (χ1) is 6.34. The van der Waals surface area contributed by atoms with Crippen LogP contribution in [-0.4, -0.2) is 20.3 Å². The molecule has 2 heterocycles. The Kier molecular flexibility index (Phi) is 1.95. The van der Waals surface area contributed by atoms with Crippen LogP contribution < -0.4 is 5.32 Å². The molecule has 13 heavy (non-hydrogen) atoms. The minimum Gasteiger partial charge on any atom is -0.334 e. The Morgan fingerprint density at radius 2 is 2.54 bits per heavy atom. The molecule has 68 valence electrons. The van der Waals surface area contributed by atoms with Gasteiger partial charge in [-0.3, -0.25) is 5.10 Å². The molecule has 0 spiro atoms. The van der Waals surface area contributed by atoms with Gasteiger partial charge >= 0.3 is 6.01 Å². The molecule has 0 unspecified atom stereocenters. The van der Waals surface area contributed by atoms with Crippen molar-refractivity contribution in [2.45, 2.75) is 13.5 Å². The highest BCUT2D eigenvalue weighted by atomic mass is 16.5. The second kappa shape index (κ2) is 3.26. The quantitative estimate of drug-likeness (QED) is 0.725. The molecule has 0 aliphatic heterocycles. The van der Waals surface area contributed by atoms with E-state index >= 15 is 0 Å². The maximum Gasteiger partial charge on any atom is 0.321 e. The fourth-order valence-electron chi connectivity index (χ4n) is 0.921. The standard InChI is InChI=1S/C7H9N5O/c1-5-11-7(13-12-5)8-2-6-3-9-10-4-6/h3-4H,2H2,1H3,(H,9,10)(H,8,11,12). The third-order valence-corrected chi connectivity index (χ3v) is 1.53. The zero-order valence-corrected chi connectivity index (χ0v) is 7.11. The van der Waals surface area contributed by atoms with Gasteiger partial charge < -0.3 is 9.84 Å². The van der Waals surface area contributed by atoms with Crippen LogP contribution in [0.3, 0.4) is 0 Å². The number of rotatable bonds is 3. The van der Waals surface area contributed by atoms with Crippen molar-refractivity contribution in [3.05, 3.63) is 23.8 Å². The van der Waals surface area contributed by atoms with Crippen molar-refractivity contribution in [1.29, 1.82) is 0 Å². The third kappa shape index (κ3) is 1.84. The molecule has 0 radical (unpaired) electrons. The minimum absolute atomic E-state index is 0.429. The molecule has 0 aliphatic rings. The largest absolute Gasteiger partial charge is 0.334 e. The third-order valence-electron chi connectivity index (χ3n) is 1.53. The highest BCUT2D eigenvalue weighted by molar-refractivity contribution is 5.20. The van der Waals surface area contributed by atoms with Crippen molar-refractivity contribution in [3.8, 4) is 0 Å². The van der Waals surface area contributed by atoms with Crippen LogP contribution in [0.4, 0.5) is 6.01 Å². The number of aryl methyl sites for hydroxylation is 1. The van der Waals surface area contributed by atoms with Gasteiger partial charge in [-0.15, -0.1) is 0 Å². The zero-order valence-electron chi connectivity index (χ0n) is 7.11. The number of anilines is 1. The van der Waals surface area contributed by atoms with E-state index in [4.69, 9.17) is 4.52 Å². The lowest BCUT2D eigenvalue weighted by Gasteiger charge is -1.95. The van der Waals surface area contributed by atoms with Crippen molar-refractivity contribution >= 4 is 6.01 Å². The fraction of sp³-hybridized carbons (Fsp3) is 0.286. The van der Waals surface area contributed by atoms with Crippen molar-refractivity contribution in [3.63, 3.8) is 0 Å². The SMILES string of the molecule is Cc1noc(NCc2cn[nH]c2)n1. The van der Waals surface area contributed by atoms with Gasteiger partial charge in [0.05, 0.1) is 6.20 Å². The van der Waals surface area contributed by atoms with Crippen LogP contribution in [0.2, 0.25) is 0 Å². The Hall–Kier alpha value is -1.85. The molecule has 2 rings (SSSR count). The number of nitrogens with zero attached hydrogens (tertiary/aromatic N) is 3. The van der Waals surface area contributed by atoms with Gasteiger partial charge in [0.1, 0.15) is 0 Å². The number of nitrogens with one attached hydrogen (secondary N) is 2. The molecular weight excluding hydrogens is 170 g/mol. The summed E-state index contributed by atoms with van der Waals surface area (Å²) in [6.07, 6.45) is 3.53. The fourth-order valence-corrected chi connectivity index (χ4v) is 0.921. The summed E-state index contributed by atoms with van der Waals surface area (Å²) in [5, 5.41) is 13.1.